The van der Waals surface area contributed by atoms with Crippen molar-refractivity contribution in [2.45, 2.75) is 56.2 Å². The Morgan fingerprint density at radius 3 is 2.65 bits per heavy atom. The van der Waals surface area contributed by atoms with Crippen LogP contribution in [0, 0.1) is 17.2 Å². The highest BCUT2D eigenvalue weighted by Gasteiger charge is 2.44. The average Bonchev–Trinajstić information content (AvgIpc) is 3.51. The number of aliphatic hydroxyl groups is 1. The number of aliphatic carboxylic acids is 1. The minimum Gasteiger partial charge on any atom is -0.477 e. The average molecular weight is 540 g/mol. The Hall–Kier alpha value is -2.84. The van der Waals surface area contributed by atoms with Crippen LogP contribution in [0.25, 0.3) is 0 Å². The third-order valence-corrected chi connectivity index (χ3v) is 8.75. The minimum absolute atomic E-state index is 0.0247. The van der Waals surface area contributed by atoms with Crippen molar-refractivity contribution < 1.29 is 29.4 Å². The molecule has 206 valence electrons. The molecule has 0 aromatic rings. The molecule has 0 aromatic heterocycles. The van der Waals surface area contributed by atoms with Gasteiger partial charge in [0, 0.05) is 47.8 Å². The van der Waals surface area contributed by atoms with E-state index < -0.39 is 24.0 Å². The van der Waals surface area contributed by atoms with E-state index in [2.05, 4.69) is 16.0 Å². The van der Waals surface area contributed by atoms with Gasteiger partial charge in [0.1, 0.15) is 12.0 Å². The number of amides is 2. The molecule has 3 aliphatic heterocycles. The van der Waals surface area contributed by atoms with Crippen molar-refractivity contribution in [2.24, 2.45) is 17.6 Å². The first-order chi connectivity index (χ1) is 17.4. The maximum absolute atomic E-state index is 13.3. The van der Waals surface area contributed by atoms with Crippen molar-refractivity contribution in [2.75, 3.05) is 33.2 Å². The van der Waals surface area contributed by atoms with Gasteiger partial charge in [0.2, 0.25) is 11.8 Å². The van der Waals surface area contributed by atoms with Gasteiger partial charge in [-0.25, -0.2) is 4.79 Å². The molecule has 2 amide bonds. The zero-order valence-corrected chi connectivity index (χ0v) is 22.1. The van der Waals surface area contributed by atoms with Crippen molar-refractivity contribution in [3.8, 4) is 0 Å². The molecule has 0 aliphatic carbocycles. The molecule has 37 heavy (non-hydrogen) atoms. The lowest BCUT2D eigenvalue weighted by molar-refractivity contribution is -0.135. The smallest absolute Gasteiger partial charge is 0.352 e. The largest absolute Gasteiger partial charge is 0.477 e. The van der Waals surface area contributed by atoms with Gasteiger partial charge in [-0.2, -0.15) is 0 Å². The second kappa shape index (κ2) is 12.1. The molecular formula is C23H37N7O6S. The number of carboxylic acids is 1. The molecule has 2 saturated heterocycles. The van der Waals surface area contributed by atoms with E-state index in [1.54, 1.807) is 4.90 Å². The van der Waals surface area contributed by atoms with E-state index in [-0.39, 0.29) is 53.3 Å². The summed E-state index contributed by atoms with van der Waals surface area (Å²) in [6.45, 7) is 4.77. The van der Waals surface area contributed by atoms with E-state index >= 15 is 0 Å². The highest BCUT2D eigenvalue weighted by molar-refractivity contribution is 8.03. The van der Waals surface area contributed by atoms with Crippen molar-refractivity contribution >= 4 is 41.8 Å². The zero-order chi connectivity index (χ0) is 27.4. The topological polar surface area (TPSA) is 201 Å². The SMILES string of the molecule is C[C@@H](O)[C@@H](C=O)[C@H]1NC(C(=O)O)=C(S[C@H]2C[C@@H](C(=O)N3CC[C@H](NC(=O)CNC(=N)N)C3)N(C)C2)[C@@H]1C. The number of guanidine groups is 1. The fourth-order valence-corrected chi connectivity index (χ4v) is 6.84. The van der Waals surface area contributed by atoms with Gasteiger partial charge in [0.25, 0.3) is 0 Å². The predicted octanol–water partition coefficient (Wildman–Crippen LogP) is -1.91. The summed E-state index contributed by atoms with van der Waals surface area (Å²) in [6, 6.07) is -1.06. The molecule has 2 fully saturated rings. The number of carbonyl (C=O) groups excluding carboxylic acids is 3. The Balaban J connectivity index is 1.59. The number of hydrogen-bond acceptors (Lipinski definition) is 9. The van der Waals surface area contributed by atoms with Crippen LogP contribution in [0.15, 0.2) is 10.6 Å². The van der Waals surface area contributed by atoms with Gasteiger partial charge in [-0.1, -0.05) is 6.92 Å². The number of carboxylic acid groups (broad SMARTS) is 1. The number of likely N-dealkylation sites (N-methyl/N-ethyl adjacent to an activating group) is 1. The number of nitrogens with two attached hydrogens (primary N) is 1. The lowest BCUT2D eigenvalue weighted by atomic mass is 9.89. The van der Waals surface area contributed by atoms with Crippen LogP contribution in [0.3, 0.4) is 0 Å². The van der Waals surface area contributed by atoms with Crippen molar-refractivity contribution in [3.05, 3.63) is 10.6 Å². The molecule has 0 radical (unpaired) electrons. The summed E-state index contributed by atoms with van der Waals surface area (Å²) >= 11 is 1.42. The summed E-state index contributed by atoms with van der Waals surface area (Å²) in [5.74, 6) is -2.76. The van der Waals surface area contributed by atoms with Crippen LogP contribution in [-0.2, 0) is 19.2 Å². The van der Waals surface area contributed by atoms with Gasteiger partial charge in [-0.05, 0) is 26.8 Å². The highest BCUT2D eigenvalue weighted by atomic mass is 32.2. The first-order valence-electron chi connectivity index (χ1n) is 12.3. The van der Waals surface area contributed by atoms with Gasteiger partial charge in [-0.3, -0.25) is 19.9 Å². The van der Waals surface area contributed by atoms with Crippen molar-refractivity contribution in [1.82, 2.24) is 25.8 Å². The second-order valence-electron chi connectivity index (χ2n) is 9.99. The molecule has 3 aliphatic rings. The van der Waals surface area contributed by atoms with Gasteiger partial charge < -0.3 is 41.6 Å². The Bertz CT molecular complexity index is 960. The number of nitrogens with one attached hydrogen (secondary N) is 4. The Labute approximate surface area is 220 Å². The summed E-state index contributed by atoms with van der Waals surface area (Å²) in [7, 11) is 1.87. The highest BCUT2D eigenvalue weighted by Crippen LogP contribution is 2.42. The van der Waals surface area contributed by atoms with Crippen LogP contribution in [0.1, 0.15) is 26.7 Å². The molecule has 0 spiro atoms. The molecule has 0 aromatic carbocycles. The number of carbonyl (C=O) groups is 4. The van der Waals surface area contributed by atoms with E-state index in [9.17, 15) is 29.4 Å². The van der Waals surface area contributed by atoms with E-state index in [1.165, 1.54) is 18.7 Å². The maximum Gasteiger partial charge on any atom is 0.352 e. The van der Waals surface area contributed by atoms with E-state index in [4.69, 9.17) is 11.1 Å². The molecule has 0 unspecified atom stereocenters. The third kappa shape index (κ3) is 6.73. The monoisotopic (exact) mass is 539 g/mol. The first kappa shape index (κ1) is 28.7. The molecule has 14 heteroatoms. The summed E-state index contributed by atoms with van der Waals surface area (Å²) < 4.78 is 0. The Morgan fingerprint density at radius 2 is 2.05 bits per heavy atom. The normalized spacial score (nSPS) is 29.5. The fourth-order valence-electron chi connectivity index (χ4n) is 5.26. The minimum atomic E-state index is -1.12. The number of aldehydes is 1. The van der Waals surface area contributed by atoms with Crippen LogP contribution in [-0.4, -0.2) is 113 Å². The molecule has 3 rings (SSSR count). The zero-order valence-electron chi connectivity index (χ0n) is 21.3. The van der Waals surface area contributed by atoms with Gasteiger partial charge in [0.05, 0.1) is 24.6 Å². The standard InChI is InChI=1S/C23H37N7O6S/c1-11-18(15(10-31)12(2)32)28-19(22(35)36)20(11)37-14-6-16(29(3)9-14)21(34)30-5-4-13(8-30)27-17(33)7-26-23(24)25/h10-16,18,28,32H,4-9H2,1-3H3,(H,27,33)(H,35,36)(H4,24,25,26)/t11-,12-,13+,14+,15-,16+,18+/m1/s1. The molecule has 7 atom stereocenters. The predicted molar refractivity (Wildman–Crippen MR) is 137 cm³/mol. The molecular weight excluding hydrogens is 502 g/mol. The summed E-state index contributed by atoms with van der Waals surface area (Å²) in [4.78, 5) is 53.1. The summed E-state index contributed by atoms with van der Waals surface area (Å²) in [6.07, 6.45) is 0.913. The molecule has 0 saturated carbocycles. The van der Waals surface area contributed by atoms with Gasteiger partial charge >= 0.3 is 5.97 Å². The third-order valence-electron chi connectivity index (χ3n) is 7.25. The van der Waals surface area contributed by atoms with E-state index in [1.807, 2.05) is 18.9 Å². The van der Waals surface area contributed by atoms with Crippen molar-refractivity contribution in [1.29, 1.82) is 5.41 Å². The first-order valence-corrected chi connectivity index (χ1v) is 13.2. The van der Waals surface area contributed by atoms with E-state index in [0.29, 0.717) is 43.7 Å². The fraction of sp³-hybridized carbons (Fsp3) is 0.696. The quantitative estimate of drug-likeness (QED) is 0.0928. The number of thioether (sulfide) groups is 1. The van der Waals surface area contributed by atoms with Crippen LogP contribution < -0.4 is 21.7 Å². The Kier molecular flexibility index (Phi) is 9.42. The Morgan fingerprint density at radius 1 is 1.35 bits per heavy atom. The van der Waals surface area contributed by atoms with E-state index in [0.717, 1.165) is 0 Å². The lowest BCUT2D eigenvalue weighted by Crippen LogP contribution is -2.47. The number of aliphatic hydroxyl groups excluding tert-OH is 1. The molecule has 3 heterocycles. The molecule has 8 N–H and O–H groups in total. The van der Waals surface area contributed by atoms with Crippen LogP contribution >= 0.6 is 11.8 Å². The summed E-state index contributed by atoms with van der Waals surface area (Å²) in [5, 5.41) is 35.1. The number of nitrogens with zero attached hydrogens (tertiary/aromatic N) is 2. The molecule has 0 bridgehead atoms. The lowest BCUT2D eigenvalue weighted by Gasteiger charge is -2.26. The van der Waals surface area contributed by atoms with Crippen LogP contribution in [0.4, 0.5) is 0 Å². The van der Waals surface area contributed by atoms with Crippen molar-refractivity contribution in [3.63, 3.8) is 0 Å². The van der Waals surface area contributed by atoms with Crippen LogP contribution in [0.5, 0.6) is 0 Å². The number of rotatable bonds is 10. The number of likely N-dealkylation sites (tertiary alicyclic amines) is 2. The summed E-state index contributed by atoms with van der Waals surface area (Å²) in [5.41, 5.74) is 5.24. The molecule has 13 nitrogen and oxygen atoms in total. The number of hydrogen-bond donors (Lipinski definition) is 7. The van der Waals surface area contributed by atoms with Gasteiger partial charge in [-0.15, -0.1) is 11.8 Å². The van der Waals surface area contributed by atoms with Crippen LogP contribution in [0.2, 0.25) is 0 Å². The maximum atomic E-state index is 13.3. The van der Waals surface area contributed by atoms with Gasteiger partial charge in [0.15, 0.2) is 5.96 Å². The second-order valence-corrected chi connectivity index (χ2v) is 11.3.